The minimum absolute atomic E-state index is 0.00480. The van der Waals surface area contributed by atoms with Gasteiger partial charge in [0.1, 0.15) is 6.26 Å². The SMILES string of the molecule is CCN[C@H](C)CNS(=O)(=O)c1cc(C(=O)OC)co1. The largest absolute Gasteiger partial charge is 0.465 e. The predicted octanol–water partition coefficient (Wildman–Crippen LogP) is 0.343. The maximum atomic E-state index is 11.9. The Kier molecular flexibility index (Phi) is 5.52. The number of methoxy groups -OCH3 is 1. The normalized spacial score (nSPS) is 13.2. The van der Waals surface area contributed by atoms with Crippen molar-refractivity contribution in [3.05, 3.63) is 17.9 Å². The molecule has 1 rings (SSSR count). The molecule has 1 aromatic rings. The van der Waals surface area contributed by atoms with Gasteiger partial charge in [0.15, 0.2) is 0 Å². The summed E-state index contributed by atoms with van der Waals surface area (Å²) in [4.78, 5) is 11.2. The molecule has 0 radical (unpaired) electrons. The highest BCUT2D eigenvalue weighted by molar-refractivity contribution is 7.89. The highest BCUT2D eigenvalue weighted by atomic mass is 32.2. The Morgan fingerprint density at radius 1 is 1.53 bits per heavy atom. The van der Waals surface area contributed by atoms with E-state index < -0.39 is 16.0 Å². The Bertz CT molecular complexity index is 523. The molecule has 0 saturated carbocycles. The van der Waals surface area contributed by atoms with E-state index >= 15 is 0 Å². The lowest BCUT2D eigenvalue weighted by molar-refractivity contribution is 0.0600. The molecule has 108 valence electrons. The van der Waals surface area contributed by atoms with Gasteiger partial charge in [-0.1, -0.05) is 6.92 Å². The van der Waals surface area contributed by atoms with Gasteiger partial charge in [0.25, 0.3) is 10.0 Å². The number of nitrogens with one attached hydrogen (secondary N) is 2. The Balaban J connectivity index is 2.72. The van der Waals surface area contributed by atoms with Crippen LogP contribution in [0.15, 0.2) is 21.8 Å². The van der Waals surface area contributed by atoms with Gasteiger partial charge in [-0.25, -0.2) is 17.9 Å². The molecule has 1 atom stereocenters. The minimum atomic E-state index is -3.76. The smallest absolute Gasteiger partial charge is 0.341 e. The zero-order valence-corrected chi connectivity index (χ0v) is 11.9. The van der Waals surface area contributed by atoms with E-state index in [9.17, 15) is 13.2 Å². The summed E-state index contributed by atoms with van der Waals surface area (Å²) in [7, 11) is -2.55. The van der Waals surface area contributed by atoms with Crippen LogP contribution in [0.25, 0.3) is 0 Å². The number of carbonyl (C=O) groups is 1. The van der Waals surface area contributed by atoms with Crippen LogP contribution in [-0.4, -0.2) is 40.6 Å². The Hall–Kier alpha value is -1.38. The molecule has 0 aromatic carbocycles. The molecule has 0 unspecified atom stereocenters. The van der Waals surface area contributed by atoms with Crippen molar-refractivity contribution in [1.82, 2.24) is 10.0 Å². The first-order valence-electron chi connectivity index (χ1n) is 5.80. The predicted molar refractivity (Wildman–Crippen MR) is 68.4 cm³/mol. The van der Waals surface area contributed by atoms with Crippen LogP contribution >= 0.6 is 0 Å². The van der Waals surface area contributed by atoms with Gasteiger partial charge in [-0.05, 0) is 13.5 Å². The third-order valence-corrected chi connectivity index (χ3v) is 3.68. The van der Waals surface area contributed by atoms with E-state index in [1.165, 1.54) is 7.11 Å². The van der Waals surface area contributed by atoms with Gasteiger partial charge in [0.05, 0.1) is 12.7 Å². The van der Waals surface area contributed by atoms with Crippen molar-refractivity contribution in [1.29, 1.82) is 0 Å². The molecule has 8 heteroatoms. The molecule has 0 spiro atoms. The summed E-state index contributed by atoms with van der Waals surface area (Å²) in [6.45, 7) is 4.76. The summed E-state index contributed by atoms with van der Waals surface area (Å²) in [6.07, 6.45) is 1.05. The third-order valence-electron chi connectivity index (χ3n) is 2.39. The molecule has 0 aliphatic rings. The fourth-order valence-electron chi connectivity index (χ4n) is 1.41. The second-order valence-corrected chi connectivity index (χ2v) is 5.65. The van der Waals surface area contributed by atoms with Crippen LogP contribution in [0.3, 0.4) is 0 Å². The van der Waals surface area contributed by atoms with Gasteiger partial charge < -0.3 is 14.5 Å². The molecule has 1 aromatic heterocycles. The monoisotopic (exact) mass is 290 g/mol. The zero-order valence-electron chi connectivity index (χ0n) is 11.1. The van der Waals surface area contributed by atoms with Crippen LogP contribution in [0.5, 0.6) is 0 Å². The van der Waals surface area contributed by atoms with Crippen molar-refractivity contribution in [2.24, 2.45) is 0 Å². The molecule has 0 bridgehead atoms. The summed E-state index contributed by atoms with van der Waals surface area (Å²) in [6, 6.07) is 1.13. The average Bonchev–Trinajstić information content (AvgIpc) is 2.86. The Labute approximate surface area is 112 Å². The number of ether oxygens (including phenoxy) is 1. The number of hydrogen-bond acceptors (Lipinski definition) is 6. The number of rotatable bonds is 7. The van der Waals surface area contributed by atoms with Crippen LogP contribution in [0.1, 0.15) is 24.2 Å². The van der Waals surface area contributed by atoms with Crippen LogP contribution in [0.4, 0.5) is 0 Å². The van der Waals surface area contributed by atoms with Gasteiger partial charge in [0, 0.05) is 18.7 Å². The van der Waals surface area contributed by atoms with Gasteiger partial charge in [-0.3, -0.25) is 0 Å². The van der Waals surface area contributed by atoms with Crippen LogP contribution in [0.2, 0.25) is 0 Å². The standard InChI is InChI=1S/C11H18N2O5S/c1-4-12-8(2)6-13-19(15,16)10-5-9(7-18-10)11(14)17-3/h5,7-8,12-13H,4,6H2,1-3H3/t8-/m1/s1. The lowest BCUT2D eigenvalue weighted by atomic mass is 10.3. The molecular formula is C11H18N2O5S. The second-order valence-electron chi connectivity index (χ2n) is 3.96. The van der Waals surface area contributed by atoms with Gasteiger partial charge >= 0.3 is 5.97 Å². The van der Waals surface area contributed by atoms with Crippen molar-refractivity contribution >= 4 is 16.0 Å². The number of likely N-dealkylation sites (N-methyl/N-ethyl adjacent to an activating group) is 1. The molecular weight excluding hydrogens is 272 g/mol. The number of carbonyl (C=O) groups excluding carboxylic acids is 1. The summed E-state index contributed by atoms with van der Waals surface area (Å²) < 4.78 is 35.5. The minimum Gasteiger partial charge on any atom is -0.465 e. The molecule has 0 fully saturated rings. The van der Waals surface area contributed by atoms with Crippen LogP contribution in [0, 0.1) is 0 Å². The van der Waals surface area contributed by atoms with Crippen molar-refractivity contribution in [3.8, 4) is 0 Å². The summed E-state index contributed by atoms with van der Waals surface area (Å²) >= 11 is 0. The van der Waals surface area contributed by atoms with E-state index in [4.69, 9.17) is 4.42 Å². The molecule has 0 amide bonds. The summed E-state index contributed by atoms with van der Waals surface area (Å²) in [5, 5.41) is 2.76. The van der Waals surface area contributed by atoms with E-state index in [1.54, 1.807) is 0 Å². The van der Waals surface area contributed by atoms with E-state index in [0.717, 1.165) is 18.9 Å². The van der Waals surface area contributed by atoms with Crippen molar-refractivity contribution < 1.29 is 22.4 Å². The first kappa shape index (κ1) is 15.7. The highest BCUT2D eigenvalue weighted by Crippen LogP contribution is 2.14. The van der Waals surface area contributed by atoms with Crippen LogP contribution < -0.4 is 10.0 Å². The van der Waals surface area contributed by atoms with Crippen molar-refractivity contribution in [2.75, 3.05) is 20.2 Å². The molecule has 0 aliphatic carbocycles. The maximum Gasteiger partial charge on any atom is 0.341 e. The lowest BCUT2D eigenvalue weighted by Gasteiger charge is -2.12. The van der Waals surface area contributed by atoms with E-state index in [-0.39, 0.29) is 23.2 Å². The Morgan fingerprint density at radius 3 is 2.79 bits per heavy atom. The quantitative estimate of drug-likeness (QED) is 0.703. The number of hydrogen-bond donors (Lipinski definition) is 2. The number of sulfonamides is 1. The Morgan fingerprint density at radius 2 is 2.21 bits per heavy atom. The van der Waals surface area contributed by atoms with Crippen molar-refractivity contribution in [3.63, 3.8) is 0 Å². The van der Waals surface area contributed by atoms with Gasteiger partial charge in [0.2, 0.25) is 5.09 Å². The topological polar surface area (TPSA) is 97.6 Å². The maximum absolute atomic E-state index is 11.9. The third kappa shape index (κ3) is 4.34. The van der Waals surface area contributed by atoms with E-state index in [2.05, 4.69) is 14.8 Å². The summed E-state index contributed by atoms with van der Waals surface area (Å²) in [5.41, 5.74) is 0.0580. The first-order chi connectivity index (χ1) is 8.90. The summed E-state index contributed by atoms with van der Waals surface area (Å²) in [5.74, 6) is -0.647. The van der Waals surface area contributed by atoms with E-state index in [0.29, 0.717) is 0 Å². The average molecular weight is 290 g/mol. The van der Waals surface area contributed by atoms with Gasteiger partial charge in [-0.2, -0.15) is 0 Å². The fourth-order valence-corrected chi connectivity index (χ4v) is 2.48. The molecule has 19 heavy (non-hydrogen) atoms. The highest BCUT2D eigenvalue weighted by Gasteiger charge is 2.21. The number of esters is 1. The molecule has 1 heterocycles. The zero-order chi connectivity index (χ0) is 14.5. The van der Waals surface area contributed by atoms with Crippen molar-refractivity contribution in [2.45, 2.75) is 25.0 Å². The molecule has 0 saturated heterocycles. The molecule has 7 nitrogen and oxygen atoms in total. The van der Waals surface area contributed by atoms with Crippen LogP contribution in [-0.2, 0) is 14.8 Å². The van der Waals surface area contributed by atoms with E-state index in [1.807, 2.05) is 13.8 Å². The molecule has 2 N–H and O–H groups in total. The number of furan rings is 1. The van der Waals surface area contributed by atoms with Gasteiger partial charge in [-0.15, -0.1) is 0 Å². The lowest BCUT2D eigenvalue weighted by Crippen LogP contribution is -2.38. The second kappa shape index (κ2) is 6.69. The first-order valence-corrected chi connectivity index (χ1v) is 7.29. The fraction of sp³-hybridized carbons (Fsp3) is 0.545. The molecule has 0 aliphatic heterocycles.